The molecule has 26 heavy (non-hydrogen) atoms. The number of ether oxygens (including phenoxy) is 1. The number of carbonyl (C=O) groups is 2. The van der Waals surface area contributed by atoms with Gasteiger partial charge in [0, 0.05) is 5.70 Å². The third-order valence-corrected chi connectivity index (χ3v) is 5.75. The number of rotatable bonds is 4. The van der Waals surface area contributed by atoms with Crippen molar-refractivity contribution in [2.75, 3.05) is 6.61 Å². The second-order valence-corrected chi connectivity index (χ2v) is 7.70. The molecule has 0 aromatic heterocycles. The zero-order valence-electron chi connectivity index (χ0n) is 14.4. The summed E-state index contributed by atoms with van der Waals surface area (Å²) in [5.74, 6) is -0.715. The van der Waals surface area contributed by atoms with E-state index in [4.69, 9.17) is 27.9 Å². The molecule has 2 atom stereocenters. The van der Waals surface area contributed by atoms with Gasteiger partial charge in [-0.15, -0.1) is 0 Å². The number of halogens is 2. The first-order valence-electron chi connectivity index (χ1n) is 8.83. The SMILES string of the molecule is C=C1NC(=O)NC(c2ccc(Cl)c(Cl)c2)C1C(=O)OCC1CCCCC1. The zero-order chi connectivity index (χ0) is 18.7. The van der Waals surface area contributed by atoms with E-state index in [0.29, 0.717) is 33.8 Å². The van der Waals surface area contributed by atoms with E-state index in [9.17, 15) is 9.59 Å². The zero-order valence-corrected chi connectivity index (χ0v) is 15.9. The molecule has 1 aromatic carbocycles. The topological polar surface area (TPSA) is 67.4 Å². The maximum atomic E-state index is 12.8. The van der Waals surface area contributed by atoms with Crippen LogP contribution in [0.4, 0.5) is 4.79 Å². The molecule has 2 N–H and O–H groups in total. The first kappa shape index (κ1) is 19.1. The molecule has 2 unspecified atom stereocenters. The monoisotopic (exact) mass is 396 g/mol. The quantitative estimate of drug-likeness (QED) is 0.730. The van der Waals surface area contributed by atoms with Gasteiger partial charge in [-0.3, -0.25) is 4.79 Å². The fourth-order valence-corrected chi connectivity index (χ4v) is 3.90. The van der Waals surface area contributed by atoms with Crippen LogP contribution < -0.4 is 10.6 Å². The second-order valence-electron chi connectivity index (χ2n) is 6.89. The smallest absolute Gasteiger partial charge is 0.319 e. The largest absolute Gasteiger partial charge is 0.465 e. The molecule has 1 heterocycles. The van der Waals surface area contributed by atoms with E-state index in [1.165, 1.54) is 19.3 Å². The van der Waals surface area contributed by atoms with Crippen molar-refractivity contribution in [2.45, 2.75) is 38.1 Å². The molecule has 2 fully saturated rings. The number of nitrogens with one attached hydrogen (secondary N) is 2. The Balaban J connectivity index is 1.76. The number of hydrogen-bond acceptors (Lipinski definition) is 3. The lowest BCUT2D eigenvalue weighted by Crippen LogP contribution is -2.51. The van der Waals surface area contributed by atoms with Crippen LogP contribution >= 0.6 is 23.2 Å². The Kier molecular flexibility index (Phi) is 6.09. The molecule has 1 saturated heterocycles. The van der Waals surface area contributed by atoms with Crippen LogP contribution in [0.15, 0.2) is 30.5 Å². The Hall–Kier alpha value is -1.72. The van der Waals surface area contributed by atoms with Gasteiger partial charge in [-0.25, -0.2) is 4.79 Å². The number of benzene rings is 1. The highest BCUT2D eigenvalue weighted by molar-refractivity contribution is 6.42. The number of amides is 2. The first-order valence-corrected chi connectivity index (χ1v) is 9.59. The molecule has 0 spiro atoms. The van der Waals surface area contributed by atoms with Gasteiger partial charge in [0.25, 0.3) is 0 Å². The lowest BCUT2D eigenvalue weighted by Gasteiger charge is -2.34. The fraction of sp³-hybridized carbons (Fsp3) is 0.474. The van der Waals surface area contributed by atoms with E-state index in [1.807, 2.05) is 0 Å². The van der Waals surface area contributed by atoms with Crippen molar-refractivity contribution in [1.82, 2.24) is 10.6 Å². The van der Waals surface area contributed by atoms with Crippen LogP contribution in [0.3, 0.4) is 0 Å². The molecule has 0 radical (unpaired) electrons. The van der Waals surface area contributed by atoms with Crippen molar-refractivity contribution < 1.29 is 14.3 Å². The van der Waals surface area contributed by atoms with Crippen LogP contribution in [0.5, 0.6) is 0 Å². The van der Waals surface area contributed by atoms with Gasteiger partial charge in [0.1, 0.15) is 5.92 Å². The second kappa shape index (κ2) is 8.31. The Morgan fingerprint density at radius 1 is 1.19 bits per heavy atom. The average Bonchev–Trinajstić information content (AvgIpc) is 2.62. The summed E-state index contributed by atoms with van der Waals surface area (Å²) in [5, 5.41) is 6.10. The first-order chi connectivity index (χ1) is 12.5. The molecule has 1 aromatic rings. The Morgan fingerprint density at radius 3 is 2.62 bits per heavy atom. The maximum Gasteiger partial charge on any atom is 0.319 e. The minimum absolute atomic E-state index is 0.318. The van der Waals surface area contributed by atoms with E-state index in [-0.39, 0.29) is 0 Å². The molecule has 5 nitrogen and oxygen atoms in total. The van der Waals surface area contributed by atoms with Gasteiger partial charge in [0.05, 0.1) is 22.7 Å². The summed E-state index contributed by atoms with van der Waals surface area (Å²) < 4.78 is 5.58. The van der Waals surface area contributed by atoms with Gasteiger partial charge >= 0.3 is 12.0 Å². The molecule has 2 aliphatic rings. The van der Waals surface area contributed by atoms with Crippen LogP contribution in [-0.4, -0.2) is 18.6 Å². The van der Waals surface area contributed by atoms with Crippen LogP contribution in [0, 0.1) is 11.8 Å². The Labute approximate surface area is 163 Å². The summed E-state index contributed by atoms with van der Waals surface area (Å²) in [4.78, 5) is 24.6. The van der Waals surface area contributed by atoms with E-state index in [1.54, 1.807) is 18.2 Å². The Bertz CT molecular complexity index is 717. The van der Waals surface area contributed by atoms with Gasteiger partial charge in [0.15, 0.2) is 0 Å². The maximum absolute atomic E-state index is 12.8. The summed E-state index contributed by atoms with van der Waals surface area (Å²) >= 11 is 12.1. The highest BCUT2D eigenvalue weighted by Crippen LogP contribution is 2.34. The Morgan fingerprint density at radius 2 is 1.92 bits per heavy atom. The molecule has 1 aliphatic heterocycles. The molecule has 2 amide bonds. The van der Waals surface area contributed by atoms with Gasteiger partial charge in [-0.05, 0) is 36.5 Å². The van der Waals surface area contributed by atoms with Gasteiger partial charge in [0.2, 0.25) is 0 Å². The third-order valence-electron chi connectivity index (χ3n) is 5.01. The number of hydrogen-bond donors (Lipinski definition) is 2. The van der Waals surface area contributed by atoms with Gasteiger partial charge in [-0.1, -0.05) is 55.1 Å². The van der Waals surface area contributed by atoms with Crippen molar-refractivity contribution >= 4 is 35.2 Å². The molecule has 1 aliphatic carbocycles. The van der Waals surface area contributed by atoms with E-state index < -0.39 is 24.0 Å². The van der Waals surface area contributed by atoms with E-state index in [2.05, 4.69) is 17.2 Å². The number of urea groups is 1. The highest BCUT2D eigenvalue weighted by atomic mass is 35.5. The van der Waals surface area contributed by atoms with Gasteiger partial charge in [-0.2, -0.15) is 0 Å². The van der Waals surface area contributed by atoms with Crippen molar-refractivity contribution in [3.63, 3.8) is 0 Å². The number of esters is 1. The summed E-state index contributed by atoms with van der Waals surface area (Å²) in [5.41, 5.74) is 0.994. The van der Waals surface area contributed by atoms with Crippen LogP contribution in [0.1, 0.15) is 43.7 Å². The molecule has 7 heteroatoms. The minimum Gasteiger partial charge on any atom is -0.465 e. The molecule has 1 saturated carbocycles. The van der Waals surface area contributed by atoms with Crippen molar-refractivity contribution in [1.29, 1.82) is 0 Å². The summed E-state index contributed by atoms with van der Waals surface area (Å²) in [7, 11) is 0. The summed E-state index contributed by atoms with van der Waals surface area (Å²) in [6.45, 7) is 4.25. The average molecular weight is 397 g/mol. The van der Waals surface area contributed by atoms with Gasteiger partial charge < -0.3 is 15.4 Å². The predicted molar refractivity (Wildman–Crippen MR) is 101 cm³/mol. The van der Waals surface area contributed by atoms with Crippen molar-refractivity contribution in [3.05, 3.63) is 46.1 Å². The molecular weight excluding hydrogens is 375 g/mol. The molecule has 140 valence electrons. The van der Waals surface area contributed by atoms with Crippen LogP contribution in [-0.2, 0) is 9.53 Å². The molecule has 0 bridgehead atoms. The number of carbonyl (C=O) groups excluding carboxylic acids is 2. The van der Waals surface area contributed by atoms with Crippen molar-refractivity contribution in [2.24, 2.45) is 11.8 Å². The van der Waals surface area contributed by atoms with Crippen LogP contribution in [0.2, 0.25) is 10.0 Å². The normalized spacial score (nSPS) is 23.9. The minimum atomic E-state index is -0.728. The molecule has 3 rings (SSSR count). The third kappa shape index (κ3) is 4.33. The van der Waals surface area contributed by atoms with Crippen molar-refractivity contribution in [3.8, 4) is 0 Å². The molecular formula is C19H22Cl2N2O3. The highest BCUT2D eigenvalue weighted by Gasteiger charge is 2.39. The summed E-state index contributed by atoms with van der Waals surface area (Å²) in [6, 6.07) is 4.00. The summed E-state index contributed by atoms with van der Waals surface area (Å²) in [6.07, 6.45) is 5.79. The van der Waals surface area contributed by atoms with E-state index >= 15 is 0 Å². The lowest BCUT2D eigenvalue weighted by atomic mass is 9.88. The standard InChI is InChI=1S/C19H22Cl2N2O3/c1-11-16(18(24)26-10-12-5-3-2-4-6-12)17(23-19(25)22-11)13-7-8-14(20)15(21)9-13/h7-9,12,16-17H,1-6,10H2,(H2,22,23,25). The predicted octanol–water partition coefficient (Wildman–Crippen LogP) is 4.60. The lowest BCUT2D eigenvalue weighted by molar-refractivity contribution is -0.150. The fourth-order valence-electron chi connectivity index (χ4n) is 3.59. The van der Waals surface area contributed by atoms with Crippen LogP contribution in [0.25, 0.3) is 0 Å². The van der Waals surface area contributed by atoms with E-state index in [0.717, 1.165) is 12.8 Å².